The van der Waals surface area contributed by atoms with Gasteiger partial charge in [-0.05, 0) is 43.9 Å². The molecule has 3 aromatic rings. The van der Waals surface area contributed by atoms with Crippen molar-refractivity contribution in [2.24, 2.45) is 0 Å². The average Bonchev–Trinajstić information content (AvgIpc) is 3.10. The van der Waals surface area contributed by atoms with Crippen molar-refractivity contribution < 1.29 is 18.4 Å². The van der Waals surface area contributed by atoms with Crippen molar-refractivity contribution in [2.75, 3.05) is 20.6 Å². The van der Waals surface area contributed by atoms with Crippen LogP contribution in [0, 0.1) is 5.82 Å². The minimum atomic E-state index is -0.744. The Morgan fingerprint density at radius 3 is 2.39 bits per heavy atom. The third-order valence-electron chi connectivity index (χ3n) is 4.42. The lowest BCUT2D eigenvalue weighted by Crippen LogP contribution is -2.42. The largest absolute Gasteiger partial charge is 0.459 e. The van der Waals surface area contributed by atoms with Gasteiger partial charge in [0.25, 0.3) is 0 Å². The Balaban J connectivity index is 1.57. The van der Waals surface area contributed by atoms with Gasteiger partial charge in [-0.25, -0.2) is 4.39 Å². The third-order valence-corrected chi connectivity index (χ3v) is 4.42. The van der Waals surface area contributed by atoms with Gasteiger partial charge >= 0.3 is 11.8 Å². The molecule has 0 aliphatic carbocycles. The van der Waals surface area contributed by atoms with Gasteiger partial charge < -0.3 is 15.1 Å². The number of hydrogen-bond acceptors (Lipinski definition) is 4. The van der Waals surface area contributed by atoms with E-state index < -0.39 is 11.8 Å². The number of para-hydroxylation sites is 1. The molecule has 3 rings (SSSR count). The molecule has 1 aromatic heterocycles. The summed E-state index contributed by atoms with van der Waals surface area (Å²) in [6, 6.07) is 15.1. The monoisotopic (exact) mass is 383 g/mol. The molecular weight excluding hydrogens is 361 g/mol. The van der Waals surface area contributed by atoms with Crippen LogP contribution in [-0.4, -0.2) is 37.4 Å². The molecule has 0 fully saturated rings. The molecule has 2 amide bonds. The predicted octanol–water partition coefficient (Wildman–Crippen LogP) is 2.61. The first-order chi connectivity index (χ1) is 13.4. The van der Waals surface area contributed by atoms with Crippen LogP contribution in [-0.2, 0) is 16.1 Å². The fourth-order valence-corrected chi connectivity index (χ4v) is 2.84. The van der Waals surface area contributed by atoms with Crippen LogP contribution >= 0.6 is 0 Å². The van der Waals surface area contributed by atoms with Gasteiger partial charge in [-0.1, -0.05) is 30.3 Å². The van der Waals surface area contributed by atoms with Crippen LogP contribution in [0.3, 0.4) is 0 Å². The van der Waals surface area contributed by atoms with E-state index in [0.29, 0.717) is 11.3 Å². The molecule has 0 unspecified atom stereocenters. The number of carbonyl (C=O) groups is 2. The zero-order valence-electron chi connectivity index (χ0n) is 15.7. The van der Waals surface area contributed by atoms with Gasteiger partial charge in [0, 0.05) is 18.5 Å². The predicted molar refractivity (Wildman–Crippen MR) is 104 cm³/mol. The molecule has 0 aliphatic rings. The second-order valence-electron chi connectivity index (χ2n) is 6.69. The lowest BCUT2D eigenvalue weighted by Gasteiger charge is -2.22. The number of rotatable bonds is 6. The number of fused-ring (bicyclic) bond motifs is 1. The summed E-state index contributed by atoms with van der Waals surface area (Å²) in [6.45, 7) is 0.364. The molecule has 6 nitrogen and oxygen atoms in total. The van der Waals surface area contributed by atoms with E-state index in [1.165, 1.54) is 12.1 Å². The van der Waals surface area contributed by atoms with Gasteiger partial charge in [0.05, 0.1) is 6.04 Å². The van der Waals surface area contributed by atoms with Crippen molar-refractivity contribution in [3.05, 3.63) is 71.7 Å². The summed E-state index contributed by atoms with van der Waals surface area (Å²) >= 11 is 0. The number of furan rings is 1. The average molecular weight is 383 g/mol. The Morgan fingerprint density at radius 1 is 1.04 bits per heavy atom. The highest BCUT2D eigenvalue weighted by Crippen LogP contribution is 2.25. The van der Waals surface area contributed by atoms with E-state index in [0.717, 1.165) is 11.0 Å². The van der Waals surface area contributed by atoms with Gasteiger partial charge in [-0.15, -0.1) is 0 Å². The van der Waals surface area contributed by atoms with Crippen molar-refractivity contribution in [1.82, 2.24) is 15.5 Å². The van der Waals surface area contributed by atoms with Crippen molar-refractivity contribution in [3.63, 3.8) is 0 Å². The highest BCUT2D eigenvalue weighted by atomic mass is 19.1. The number of benzene rings is 2. The minimum absolute atomic E-state index is 0.146. The first-order valence-corrected chi connectivity index (χ1v) is 8.89. The van der Waals surface area contributed by atoms with Gasteiger partial charge in [0.15, 0.2) is 0 Å². The molecule has 2 N–H and O–H groups in total. The molecule has 0 saturated heterocycles. The van der Waals surface area contributed by atoms with E-state index in [-0.39, 0.29) is 24.9 Å². The zero-order chi connectivity index (χ0) is 20.1. The van der Waals surface area contributed by atoms with E-state index in [1.807, 2.05) is 49.3 Å². The van der Waals surface area contributed by atoms with E-state index in [4.69, 9.17) is 4.42 Å². The number of amides is 2. The first kappa shape index (κ1) is 19.6. The summed E-state index contributed by atoms with van der Waals surface area (Å²) in [5, 5.41) is 6.14. The standard InChI is InChI=1S/C21H22FN3O3/c1-25(2)17(19-11-15-5-3-4-6-18(15)28-19)13-24-21(27)20(26)23-12-14-7-9-16(22)10-8-14/h3-11,17H,12-13H2,1-2H3,(H,23,26)(H,24,27)/t17-/m0/s1. The van der Waals surface area contributed by atoms with Crippen LogP contribution < -0.4 is 10.6 Å². The van der Waals surface area contributed by atoms with E-state index in [9.17, 15) is 14.0 Å². The maximum atomic E-state index is 12.9. The normalized spacial score (nSPS) is 12.1. The van der Waals surface area contributed by atoms with Crippen molar-refractivity contribution in [2.45, 2.75) is 12.6 Å². The molecule has 7 heteroatoms. The Bertz CT molecular complexity index is 933. The quantitative estimate of drug-likeness (QED) is 0.642. The Hall–Kier alpha value is -3.19. The SMILES string of the molecule is CN(C)[C@@H](CNC(=O)C(=O)NCc1ccc(F)cc1)c1cc2ccccc2o1. The molecular formula is C21H22FN3O3. The first-order valence-electron chi connectivity index (χ1n) is 8.89. The smallest absolute Gasteiger partial charge is 0.309 e. The highest BCUT2D eigenvalue weighted by molar-refractivity contribution is 6.35. The second-order valence-corrected chi connectivity index (χ2v) is 6.69. The van der Waals surface area contributed by atoms with E-state index >= 15 is 0 Å². The summed E-state index contributed by atoms with van der Waals surface area (Å²) in [5.74, 6) is -1.12. The summed E-state index contributed by atoms with van der Waals surface area (Å²) < 4.78 is 18.8. The fraction of sp³-hybridized carbons (Fsp3) is 0.238. The van der Waals surface area contributed by atoms with E-state index in [2.05, 4.69) is 10.6 Å². The maximum Gasteiger partial charge on any atom is 0.309 e. The lowest BCUT2D eigenvalue weighted by atomic mass is 10.2. The van der Waals surface area contributed by atoms with Gasteiger partial charge in [-0.3, -0.25) is 14.5 Å². The number of nitrogens with one attached hydrogen (secondary N) is 2. The van der Waals surface area contributed by atoms with Crippen LogP contribution in [0.1, 0.15) is 17.4 Å². The van der Waals surface area contributed by atoms with Crippen LogP contribution in [0.2, 0.25) is 0 Å². The lowest BCUT2D eigenvalue weighted by molar-refractivity contribution is -0.139. The Kier molecular flexibility index (Phi) is 6.06. The maximum absolute atomic E-state index is 12.9. The molecule has 0 bridgehead atoms. The second kappa shape index (κ2) is 8.67. The molecule has 0 radical (unpaired) electrons. The van der Waals surface area contributed by atoms with Crippen LogP contribution in [0.15, 0.2) is 59.0 Å². The molecule has 1 heterocycles. The molecule has 0 saturated carbocycles. The third kappa shape index (κ3) is 4.75. The fourth-order valence-electron chi connectivity index (χ4n) is 2.84. The van der Waals surface area contributed by atoms with Crippen LogP contribution in [0.5, 0.6) is 0 Å². The van der Waals surface area contributed by atoms with Crippen molar-refractivity contribution >= 4 is 22.8 Å². The summed E-state index contributed by atoms with van der Waals surface area (Å²) in [6.07, 6.45) is 0. The summed E-state index contributed by atoms with van der Waals surface area (Å²) in [7, 11) is 3.75. The van der Waals surface area contributed by atoms with Gasteiger partial charge in [0.2, 0.25) is 0 Å². The van der Waals surface area contributed by atoms with Crippen molar-refractivity contribution in [3.8, 4) is 0 Å². The number of nitrogens with zero attached hydrogens (tertiary/aromatic N) is 1. The van der Waals surface area contributed by atoms with Gasteiger partial charge in [0.1, 0.15) is 17.2 Å². The van der Waals surface area contributed by atoms with Crippen LogP contribution in [0.4, 0.5) is 4.39 Å². The number of halogens is 1. The molecule has 0 aliphatic heterocycles. The molecule has 28 heavy (non-hydrogen) atoms. The zero-order valence-corrected chi connectivity index (χ0v) is 15.7. The summed E-state index contributed by atoms with van der Waals surface area (Å²) in [4.78, 5) is 26.0. The highest BCUT2D eigenvalue weighted by Gasteiger charge is 2.21. The Labute approximate surface area is 162 Å². The number of likely N-dealkylation sites (N-methyl/N-ethyl adjacent to an activating group) is 1. The van der Waals surface area contributed by atoms with Crippen molar-refractivity contribution in [1.29, 1.82) is 0 Å². The molecule has 0 spiro atoms. The number of hydrogen-bond donors (Lipinski definition) is 2. The molecule has 146 valence electrons. The topological polar surface area (TPSA) is 74.6 Å². The Morgan fingerprint density at radius 2 is 1.71 bits per heavy atom. The van der Waals surface area contributed by atoms with Crippen LogP contribution in [0.25, 0.3) is 11.0 Å². The number of carbonyl (C=O) groups excluding carboxylic acids is 2. The molecule has 2 aromatic carbocycles. The molecule has 1 atom stereocenters. The van der Waals surface area contributed by atoms with E-state index in [1.54, 1.807) is 12.1 Å². The summed E-state index contributed by atoms with van der Waals surface area (Å²) in [5.41, 5.74) is 1.48. The van der Waals surface area contributed by atoms with Gasteiger partial charge in [-0.2, -0.15) is 0 Å². The minimum Gasteiger partial charge on any atom is -0.459 e.